The molecule has 1 aliphatic rings. The number of allylic oxidation sites excluding steroid dienone is 2. The molecule has 0 aromatic heterocycles. The van der Waals surface area contributed by atoms with Gasteiger partial charge in [-0.15, -0.1) is 0 Å². The van der Waals surface area contributed by atoms with E-state index in [1.807, 2.05) is 0 Å². The zero-order chi connectivity index (χ0) is 8.10. The Kier molecular flexibility index (Phi) is 3.68. The summed E-state index contributed by atoms with van der Waals surface area (Å²) in [5, 5.41) is 0. The minimum absolute atomic E-state index is 0.919. The fourth-order valence-electron chi connectivity index (χ4n) is 1.97. The van der Waals surface area contributed by atoms with Crippen LogP contribution in [0.4, 0.5) is 0 Å². The summed E-state index contributed by atoms with van der Waals surface area (Å²) in [6.45, 7) is 4.45. The Hall–Kier alpha value is -0.260. The van der Waals surface area contributed by atoms with E-state index in [9.17, 15) is 0 Å². The van der Waals surface area contributed by atoms with E-state index in [-0.39, 0.29) is 0 Å². The van der Waals surface area contributed by atoms with Crippen molar-refractivity contribution >= 4 is 0 Å². The maximum atomic E-state index is 2.29. The number of rotatable bonds is 1. The molecule has 0 N–H and O–H groups in total. The topological polar surface area (TPSA) is 0 Å². The minimum atomic E-state index is 0.919. The maximum absolute atomic E-state index is 2.29. The van der Waals surface area contributed by atoms with Crippen molar-refractivity contribution in [2.24, 2.45) is 5.92 Å². The van der Waals surface area contributed by atoms with Crippen molar-refractivity contribution in [3.63, 3.8) is 0 Å². The third kappa shape index (κ3) is 2.69. The molecule has 0 aromatic carbocycles. The van der Waals surface area contributed by atoms with Crippen molar-refractivity contribution in [3.05, 3.63) is 11.6 Å². The molecular weight excluding hydrogens is 132 g/mol. The lowest BCUT2D eigenvalue weighted by atomic mass is 9.93. The molecule has 0 aromatic rings. The van der Waals surface area contributed by atoms with Gasteiger partial charge in [0, 0.05) is 0 Å². The van der Waals surface area contributed by atoms with Gasteiger partial charge in [0.1, 0.15) is 0 Å². The molecule has 0 unspecified atom stereocenters. The average Bonchev–Trinajstić information content (AvgIpc) is 2.30. The second-order valence-corrected chi connectivity index (χ2v) is 3.72. The molecule has 0 radical (unpaired) electrons. The van der Waals surface area contributed by atoms with Gasteiger partial charge in [0.05, 0.1) is 0 Å². The van der Waals surface area contributed by atoms with Crippen LogP contribution in [0.3, 0.4) is 0 Å². The van der Waals surface area contributed by atoms with E-state index in [0.29, 0.717) is 0 Å². The monoisotopic (exact) mass is 152 g/mol. The summed E-state index contributed by atoms with van der Waals surface area (Å²) >= 11 is 0. The molecule has 0 nitrogen and oxygen atoms in total. The Morgan fingerprint density at radius 3 is 2.09 bits per heavy atom. The molecule has 0 spiro atoms. The number of hydrogen-bond donors (Lipinski definition) is 0. The van der Waals surface area contributed by atoms with Gasteiger partial charge in [-0.2, -0.15) is 0 Å². The quantitative estimate of drug-likeness (QED) is 0.394. The highest BCUT2D eigenvalue weighted by Gasteiger charge is 2.12. The standard InChI is InChI=1S/C11H20/c1-3-10(2)11-8-6-4-5-7-9-11/h3,11H,4-9H2,1-2H3/b10-3+. The first kappa shape index (κ1) is 8.83. The van der Waals surface area contributed by atoms with Crippen molar-refractivity contribution in [3.8, 4) is 0 Å². The molecule has 11 heavy (non-hydrogen) atoms. The van der Waals surface area contributed by atoms with Gasteiger partial charge in [-0.3, -0.25) is 0 Å². The maximum Gasteiger partial charge on any atom is -0.0206 e. The van der Waals surface area contributed by atoms with E-state index in [1.165, 1.54) is 38.5 Å². The van der Waals surface area contributed by atoms with Crippen molar-refractivity contribution in [2.75, 3.05) is 0 Å². The smallest absolute Gasteiger partial charge is 0.0206 e. The van der Waals surface area contributed by atoms with E-state index in [1.54, 1.807) is 5.57 Å². The van der Waals surface area contributed by atoms with Crippen molar-refractivity contribution in [1.82, 2.24) is 0 Å². The predicted octanol–water partition coefficient (Wildman–Crippen LogP) is 3.92. The first-order valence-corrected chi connectivity index (χ1v) is 4.97. The first-order chi connectivity index (χ1) is 5.34. The molecular formula is C11H20. The third-order valence-corrected chi connectivity index (χ3v) is 2.95. The van der Waals surface area contributed by atoms with Gasteiger partial charge >= 0.3 is 0 Å². The molecule has 0 heteroatoms. The summed E-state index contributed by atoms with van der Waals surface area (Å²) in [6.07, 6.45) is 11.0. The minimum Gasteiger partial charge on any atom is -0.0885 e. The summed E-state index contributed by atoms with van der Waals surface area (Å²) in [5.41, 5.74) is 1.62. The van der Waals surface area contributed by atoms with Gasteiger partial charge in [-0.25, -0.2) is 0 Å². The average molecular weight is 152 g/mol. The van der Waals surface area contributed by atoms with Gasteiger partial charge in [-0.1, -0.05) is 37.3 Å². The lowest BCUT2D eigenvalue weighted by Gasteiger charge is -2.13. The molecule has 64 valence electrons. The molecule has 0 saturated heterocycles. The highest BCUT2D eigenvalue weighted by Crippen LogP contribution is 2.27. The molecule has 1 rings (SSSR count). The largest absolute Gasteiger partial charge is 0.0885 e. The SMILES string of the molecule is C/C=C(\C)C1CCCCCC1. The van der Waals surface area contributed by atoms with E-state index >= 15 is 0 Å². The van der Waals surface area contributed by atoms with E-state index < -0.39 is 0 Å². The first-order valence-electron chi connectivity index (χ1n) is 4.97. The molecule has 0 heterocycles. The van der Waals surface area contributed by atoms with Crippen molar-refractivity contribution < 1.29 is 0 Å². The molecule has 0 bridgehead atoms. The summed E-state index contributed by atoms with van der Waals surface area (Å²) in [7, 11) is 0. The second-order valence-electron chi connectivity index (χ2n) is 3.72. The lowest BCUT2D eigenvalue weighted by Crippen LogP contribution is -1.99. The highest BCUT2D eigenvalue weighted by atomic mass is 14.2. The van der Waals surface area contributed by atoms with Crippen LogP contribution in [-0.4, -0.2) is 0 Å². The van der Waals surface area contributed by atoms with Gasteiger partial charge in [-0.05, 0) is 32.6 Å². The van der Waals surface area contributed by atoms with Gasteiger partial charge in [0.2, 0.25) is 0 Å². The number of hydrogen-bond acceptors (Lipinski definition) is 0. The van der Waals surface area contributed by atoms with E-state index in [4.69, 9.17) is 0 Å². The second kappa shape index (κ2) is 4.58. The molecule has 0 amide bonds. The molecule has 0 aliphatic heterocycles. The van der Waals surface area contributed by atoms with Gasteiger partial charge < -0.3 is 0 Å². The van der Waals surface area contributed by atoms with Crippen LogP contribution in [0.15, 0.2) is 11.6 Å². The summed E-state index contributed by atoms with van der Waals surface area (Å²) in [4.78, 5) is 0. The highest BCUT2D eigenvalue weighted by molar-refractivity contribution is 5.01. The van der Waals surface area contributed by atoms with Gasteiger partial charge in [0.25, 0.3) is 0 Å². The molecule has 1 aliphatic carbocycles. The fraction of sp³-hybridized carbons (Fsp3) is 0.818. The van der Waals surface area contributed by atoms with Crippen LogP contribution in [0, 0.1) is 5.92 Å². The Balaban J connectivity index is 2.42. The van der Waals surface area contributed by atoms with E-state index in [2.05, 4.69) is 19.9 Å². The Labute approximate surface area is 70.7 Å². The molecule has 1 saturated carbocycles. The third-order valence-electron chi connectivity index (χ3n) is 2.95. The van der Waals surface area contributed by atoms with Crippen LogP contribution >= 0.6 is 0 Å². The van der Waals surface area contributed by atoms with Crippen LogP contribution in [0.25, 0.3) is 0 Å². The van der Waals surface area contributed by atoms with Crippen LogP contribution in [0.5, 0.6) is 0 Å². The van der Waals surface area contributed by atoms with Crippen molar-refractivity contribution in [1.29, 1.82) is 0 Å². The molecule has 0 atom stereocenters. The van der Waals surface area contributed by atoms with Crippen molar-refractivity contribution in [2.45, 2.75) is 52.4 Å². The van der Waals surface area contributed by atoms with Crippen LogP contribution in [0.2, 0.25) is 0 Å². The zero-order valence-electron chi connectivity index (χ0n) is 7.90. The Bertz CT molecular complexity index is 125. The summed E-state index contributed by atoms with van der Waals surface area (Å²) in [5.74, 6) is 0.919. The van der Waals surface area contributed by atoms with Crippen LogP contribution in [-0.2, 0) is 0 Å². The Morgan fingerprint density at radius 1 is 1.09 bits per heavy atom. The lowest BCUT2D eigenvalue weighted by molar-refractivity contribution is 0.529. The Morgan fingerprint density at radius 2 is 1.64 bits per heavy atom. The van der Waals surface area contributed by atoms with Crippen LogP contribution in [0.1, 0.15) is 52.4 Å². The summed E-state index contributed by atoms with van der Waals surface area (Å²) in [6, 6.07) is 0. The summed E-state index contributed by atoms with van der Waals surface area (Å²) < 4.78 is 0. The fourth-order valence-corrected chi connectivity index (χ4v) is 1.97. The van der Waals surface area contributed by atoms with Crippen LogP contribution < -0.4 is 0 Å². The normalized spacial score (nSPS) is 23.3. The predicted molar refractivity (Wildman–Crippen MR) is 50.6 cm³/mol. The zero-order valence-corrected chi connectivity index (χ0v) is 7.90. The van der Waals surface area contributed by atoms with E-state index in [0.717, 1.165) is 5.92 Å². The van der Waals surface area contributed by atoms with Gasteiger partial charge in [0.15, 0.2) is 0 Å². The molecule has 1 fully saturated rings.